The predicted molar refractivity (Wildman–Crippen MR) is 257 cm³/mol. The summed E-state index contributed by atoms with van der Waals surface area (Å²) in [6, 6.07) is 34.2. The van der Waals surface area contributed by atoms with Gasteiger partial charge in [-0.05, 0) is 171 Å². The van der Waals surface area contributed by atoms with Crippen LogP contribution in [0, 0.1) is 20.8 Å². The molecule has 1 atom stereocenters. The number of fused-ring (bicyclic) bond motifs is 16. The first-order chi connectivity index (χ1) is 31.4. The topological polar surface area (TPSA) is 177 Å². The highest BCUT2D eigenvalue weighted by Crippen LogP contribution is 2.63. The second kappa shape index (κ2) is 14.5. The second-order valence-electron chi connectivity index (χ2n) is 17.6. The Labute approximate surface area is 375 Å². The molecule has 11 heteroatoms. The molecule has 2 aliphatic heterocycles. The number of nitrogens with two attached hydrogens (primary N) is 3. The van der Waals surface area contributed by atoms with Crippen molar-refractivity contribution in [2.45, 2.75) is 45.8 Å². The fraction of sp³-hybridized carbons (Fsp3) is 0.148. The normalized spacial score (nSPS) is 15.6. The van der Waals surface area contributed by atoms with Gasteiger partial charge in [-0.25, -0.2) is 0 Å². The number of benzene rings is 7. The highest BCUT2D eigenvalue weighted by atomic mass is 16.2. The zero-order chi connectivity index (χ0) is 45.1. The lowest BCUT2D eigenvalue weighted by molar-refractivity contribution is 0.101. The van der Waals surface area contributed by atoms with Crippen molar-refractivity contribution in [1.29, 1.82) is 0 Å². The second-order valence-corrected chi connectivity index (χ2v) is 17.6. The summed E-state index contributed by atoms with van der Waals surface area (Å²) in [5.41, 5.74) is 37.0. The number of hydrogen-bond donors (Lipinski definition) is 5. The van der Waals surface area contributed by atoms with Crippen LogP contribution < -0.4 is 37.6 Å². The van der Waals surface area contributed by atoms with Crippen LogP contribution in [0.15, 0.2) is 109 Å². The number of hydrogen-bond acceptors (Lipinski definition) is 9. The van der Waals surface area contributed by atoms with E-state index in [0.717, 1.165) is 115 Å². The number of nitrogens with zero attached hydrogens (tertiary/aromatic N) is 2. The van der Waals surface area contributed by atoms with Crippen LogP contribution in [0.3, 0.4) is 0 Å². The van der Waals surface area contributed by atoms with Crippen molar-refractivity contribution in [1.82, 2.24) is 0 Å². The summed E-state index contributed by atoms with van der Waals surface area (Å²) in [6.07, 6.45) is 1.64. The summed E-state index contributed by atoms with van der Waals surface area (Å²) >= 11 is 0. The summed E-state index contributed by atoms with van der Waals surface area (Å²) in [5, 5.41) is 6.33. The van der Waals surface area contributed by atoms with Gasteiger partial charge in [0.15, 0.2) is 0 Å². The molecule has 0 saturated carbocycles. The molecule has 2 aliphatic carbocycles. The Morgan fingerprint density at radius 2 is 1.02 bits per heavy atom. The van der Waals surface area contributed by atoms with Crippen LogP contribution in [0.1, 0.15) is 97.1 Å². The first-order valence-corrected chi connectivity index (χ1v) is 21.6. The van der Waals surface area contributed by atoms with Crippen molar-refractivity contribution in [3.8, 4) is 22.3 Å². The van der Waals surface area contributed by atoms with Crippen molar-refractivity contribution in [3.63, 3.8) is 0 Å². The molecule has 320 valence electrons. The maximum atomic E-state index is 14.6. The standard InChI is InChI=1S/C54H45N7O4/c1-28-40-23-60-27-61(50(40)16-13-46(28)56)24-41-30(3)49(15-17-51(41)60)59-53(65)34-7-11-38-36-9-5-32(26-63)19-43(36)54(45(38)21-34)42-18-31(25-62)4-8-35(42)37-10-6-33(20-44(37)54)52(64)58-48-14-12-47(57)39(22-55)29(48)2/h4-21,25-26H,22-24,27,55-57H2,1-3H3,(H,58,64)(H,59,65). The zero-order valence-corrected chi connectivity index (χ0v) is 36.1. The van der Waals surface area contributed by atoms with E-state index in [1.165, 1.54) is 11.3 Å². The molecule has 2 bridgehead atoms. The summed E-state index contributed by atoms with van der Waals surface area (Å²) in [4.78, 5) is 58.6. The van der Waals surface area contributed by atoms with Gasteiger partial charge in [0.2, 0.25) is 0 Å². The van der Waals surface area contributed by atoms with E-state index in [4.69, 9.17) is 17.2 Å². The number of rotatable bonds is 7. The lowest BCUT2D eigenvalue weighted by atomic mass is 9.69. The van der Waals surface area contributed by atoms with Gasteiger partial charge in [-0.2, -0.15) is 0 Å². The lowest BCUT2D eigenvalue weighted by Gasteiger charge is -2.46. The number of carbonyl (C=O) groups is 4. The number of anilines is 6. The average molecular weight is 856 g/mol. The Morgan fingerprint density at radius 3 is 1.54 bits per heavy atom. The molecule has 11 rings (SSSR count). The van der Waals surface area contributed by atoms with Crippen molar-refractivity contribution >= 4 is 58.5 Å². The third-order valence-electron chi connectivity index (χ3n) is 14.4. The van der Waals surface area contributed by atoms with Crippen LogP contribution in [-0.4, -0.2) is 31.1 Å². The molecule has 0 radical (unpaired) electrons. The van der Waals surface area contributed by atoms with Crippen molar-refractivity contribution in [2.24, 2.45) is 5.73 Å². The third-order valence-corrected chi connectivity index (χ3v) is 14.4. The molecule has 7 aromatic carbocycles. The largest absolute Gasteiger partial charge is 0.399 e. The van der Waals surface area contributed by atoms with E-state index in [1.54, 1.807) is 30.3 Å². The molecular formula is C54H45N7O4. The fourth-order valence-corrected chi connectivity index (χ4v) is 10.9. The highest BCUT2D eigenvalue weighted by Gasteiger charge is 2.52. The maximum absolute atomic E-state index is 14.6. The van der Waals surface area contributed by atoms with Gasteiger partial charge in [0, 0.05) is 76.0 Å². The number of nitrogen functional groups attached to an aromatic ring is 2. The minimum Gasteiger partial charge on any atom is -0.399 e. The molecule has 4 aliphatic rings. The van der Waals surface area contributed by atoms with E-state index in [0.29, 0.717) is 40.2 Å². The number of carbonyl (C=O) groups excluding carboxylic acids is 4. The van der Waals surface area contributed by atoms with Crippen molar-refractivity contribution < 1.29 is 19.2 Å². The quantitative estimate of drug-likeness (QED) is 0.0774. The highest BCUT2D eigenvalue weighted by molar-refractivity contribution is 6.08. The molecule has 1 spiro atoms. The van der Waals surface area contributed by atoms with E-state index >= 15 is 0 Å². The molecule has 8 N–H and O–H groups in total. The molecular weight excluding hydrogens is 811 g/mol. The number of aldehydes is 2. The van der Waals surface area contributed by atoms with Gasteiger partial charge in [-0.3, -0.25) is 19.2 Å². The van der Waals surface area contributed by atoms with E-state index in [1.807, 2.05) is 73.7 Å². The molecule has 0 fully saturated rings. The summed E-state index contributed by atoms with van der Waals surface area (Å²) in [5.74, 6) is -0.620. The van der Waals surface area contributed by atoms with Gasteiger partial charge in [0.1, 0.15) is 12.6 Å². The van der Waals surface area contributed by atoms with Crippen molar-refractivity contribution in [2.75, 3.05) is 38.6 Å². The Balaban J connectivity index is 1.02. The smallest absolute Gasteiger partial charge is 0.255 e. The summed E-state index contributed by atoms with van der Waals surface area (Å²) in [6.45, 7) is 8.45. The molecule has 0 saturated heterocycles. The Kier molecular flexibility index (Phi) is 8.89. The van der Waals surface area contributed by atoms with Crippen LogP contribution in [0.2, 0.25) is 0 Å². The van der Waals surface area contributed by atoms with Gasteiger partial charge in [0.05, 0.1) is 12.1 Å². The third kappa shape index (κ3) is 5.71. The lowest BCUT2D eigenvalue weighted by Crippen LogP contribution is -2.46. The Morgan fingerprint density at radius 1 is 0.569 bits per heavy atom. The monoisotopic (exact) mass is 855 g/mol. The van der Waals surface area contributed by atoms with Gasteiger partial charge >= 0.3 is 0 Å². The molecule has 1 unspecified atom stereocenters. The van der Waals surface area contributed by atoms with Crippen LogP contribution in [0.25, 0.3) is 22.3 Å². The first kappa shape index (κ1) is 39.8. The fourth-order valence-electron chi connectivity index (χ4n) is 10.9. The van der Waals surface area contributed by atoms with Gasteiger partial charge < -0.3 is 37.6 Å². The van der Waals surface area contributed by atoms with Crippen LogP contribution in [0.5, 0.6) is 0 Å². The minimum atomic E-state index is -1.11. The molecule has 11 nitrogen and oxygen atoms in total. The molecule has 7 aromatic rings. The van der Waals surface area contributed by atoms with Crippen LogP contribution in [-0.2, 0) is 25.0 Å². The first-order valence-electron chi connectivity index (χ1n) is 21.6. The van der Waals surface area contributed by atoms with Crippen molar-refractivity contribution in [3.05, 3.63) is 187 Å². The summed E-state index contributed by atoms with van der Waals surface area (Å²) < 4.78 is 0. The van der Waals surface area contributed by atoms with Crippen LogP contribution in [0.4, 0.5) is 34.1 Å². The predicted octanol–water partition coefficient (Wildman–Crippen LogP) is 9.01. The van der Waals surface area contributed by atoms with E-state index < -0.39 is 5.41 Å². The molecule has 65 heavy (non-hydrogen) atoms. The summed E-state index contributed by atoms with van der Waals surface area (Å²) in [7, 11) is 0. The molecule has 0 aromatic heterocycles. The minimum absolute atomic E-state index is 0.224. The Hall–Kier alpha value is -8.02. The Bertz CT molecular complexity index is 3280. The van der Waals surface area contributed by atoms with Gasteiger partial charge in [0.25, 0.3) is 11.8 Å². The molecule has 2 heterocycles. The van der Waals surface area contributed by atoms with Crippen LogP contribution >= 0.6 is 0 Å². The van der Waals surface area contributed by atoms with Gasteiger partial charge in [-0.1, -0.05) is 36.4 Å². The zero-order valence-electron chi connectivity index (χ0n) is 36.1. The van der Waals surface area contributed by atoms with E-state index in [9.17, 15) is 19.2 Å². The number of amides is 2. The molecule has 2 amide bonds. The van der Waals surface area contributed by atoms with E-state index in [2.05, 4.69) is 46.4 Å². The van der Waals surface area contributed by atoms with Gasteiger partial charge in [-0.15, -0.1) is 0 Å². The van der Waals surface area contributed by atoms with E-state index in [-0.39, 0.29) is 18.4 Å². The average Bonchev–Trinajstić information content (AvgIpc) is 3.78. The SMILES string of the molecule is Cc1c(NC(=O)c2ccc3c(c2)C2(c4cc(C=O)ccc4-3)c3cc(C=O)ccc3-c3ccc(C(=O)Nc4ccc5c(c4C)CN4CN5Cc5c4ccc(N)c5C)cc32)ccc(N)c1CN. The number of nitrogens with one attached hydrogen (secondary N) is 2. The maximum Gasteiger partial charge on any atom is 0.255 e.